The van der Waals surface area contributed by atoms with E-state index in [9.17, 15) is 0 Å². The number of pyridine rings is 1. The maximum atomic E-state index is 5.77. The van der Waals surface area contributed by atoms with Crippen molar-refractivity contribution < 1.29 is 9.47 Å². The molecule has 0 saturated heterocycles. The smallest absolute Gasteiger partial charge is 0.216 e. The molecule has 1 saturated carbocycles. The van der Waals surface area contributed by atoms with Crippen LogP contribution in [0.5, 0.6) is 5.88 Å². The van der Waals surface area contributed by atoms with Crippen molar-refractivity contribution in [2.24, 2.45) is 5.92 Å². The molecular formula is C13H17NO2. The van der Waals surface area contributed by atoms with Crippen molar-refractivity contribution in [3.63, 3.8) is 0 Å². The topological polar surface area (TPSA) is 31.4 Å². The fourth-order valence-corrected chi connectivity index (χ4v) is 2.01. The quantitative estimate of drug-likeness (QED) is 0.781. The number of ether oxygens (including phenoxy) is 2. The van der Waals surface area contributed by atoms with E-state index < -0.39 is 0 Å². The molecule has 0 unspecified atom stereocenters. The lowest BCUT2D eigenvalue weighted by Crippen LogP contribution is -2.13. The van der Waals surface area contributed by atoms with Gasteiger partial charge in [0.2, 0.25) is 5.88 Å². The van der Waals surface area contributed by atoms with Crippen LogP contribution in [0.2, 0.25) is 0 Å². The summed E-state index contributed by atoms with van der Waals surface area (Å²) in [5.41, 5.74) is 3.51. The van der Waals surface area contributed by atoms with Gasteiger partial charge in [-0.05, 0) is 37.3 Å². The van der Waals surface area contributed by atoms with E-state index in [1.54, 1.807) is 0 Å². The molecule has 0 amide bonds. The maximum absolute atomic E-state index is 5.77. The van der Waals surface area contributed by atoms with Crippen molar-refractivity contribution in [2.45, 2.75) is 32.8 Å². The largest absolute Gasteiger partial charge is 0.477 e. The first kappa shape index (κ1) is 10.1. The summed E-state index contributed by atoms with van der Waals surface area (Å²) in [6.07, 6.45) is 3.55. The lowest BCUT2D eigenvalue weighted by atomic mass is 10.1. The minimum absolute atomic E-state index is 0.700. The summed E-state index contributed by atoms with van der Waals surface area (Å²) >= 11 is 0. The Kier molecular flexibility index (Phi) is 2.56. The molecule has 2 heterocycles. The SMILES string of the molecule is Cc1cc2c(nc1OCC1CC1)CCOC2. The van der Waals surface area contributed by atoms with Crippen molar-refractivity contribution in [3.05, 3.63) is 22.9 Å². The maximum Gasteiger partial charge on any atom is 0.216 e. The molecule has 3 heteroatoms. The molecule has 0 radical (unpaired) electrons. The molecule has 0 bridgehead atoms. The first-order valence-electron chi connectivity index (χ1n) is 6.03. The molecule has 0 aromatic carbocycles. The van der Waals surface area contributed by atoms with Gasteiger partial charge in [-0.2, -0.15) is 0 Å². The number of hydrogen-bond acceptors (Lipinski definition) is 3. The molecule has 1 aromatic rings. The van der Waals surface area contributed by atoms with Crippen LogP contribution >= 0.6 is 0 Å². The summed E-state index contributed by atoms with van der Waals surface area (Å²) in [4.78, 5) is 4.61. The summed E-state index contributed by atoms with van der Waals surface area (Å²) in [5.74, 6) is 1.60. The summed E-state index contributed by atoms with van der Waals surface area (Å²) in [7, 11) is 0. The standard InChI is InChI=1S/C13H17NO2/c1-9-6-11-8-15-5-4-12(11)14-13(9)16-7-10-2-3-10/h6,10H,2-5,7-8H2,1H3. The second-order valence-corrected chi connectivity index (χ2v) is 4.77. The highest BCUT2D eigenvalue weighted by molar-refractivity contribution is 5.34. The first-order chi connectivity index (χ1) is 7.83. The highest BCUT2D eigenvalue weighted by Crippen LogP contribution is 2.30. The molecule has 3 rings (SSSR count). The number of aryl methyl sites for hydroxylation is 1. The van der Waals surface area contributed by atoms with Crippen LogP contribution in [-0.2, 0) is 17.8 Å². The number of rotatable bonds is 3. The lowest BCUT2D eigenvalue weighted by Gasteiger charge is -2.18. The minimum atomic E-state index is 0.700. The van der Waals surface area contributed by atoms with Gasteiger partial charge >= 0.3 is 0 Å². The highest BCUT2D eigenvalue weighted by atomic mass is 16.5. The summed E-state index contributed by atoms with van der Waals surface area (Å²) in [6, 6.07) is 2.16. The zero-order valence-corrected chi connectivity index (χ0v) is 9.66. The van der Waals surface area contributed by atoms with Crippen LogP contribution in [0.15, 0.2) is 6.07 Å². The van der Waals surface area contributed by atoms with Crippen LogP contribution in [0.3, 0.4) is 0 Å². The van der Waals surface area contributed by atoms with Gasteiger partial charge in [-0.25, -0.2) is 4.98 Å². The van der Waals surface area contributed by atoms with Crippen molar-refractivity contribution in [3.8, 4) is 5.88 Å². The predicted molar refractivity (Wildman–Crippen MR) is 60.6 cm³/mol. The summed E-state index contributed by atoms with van der Waals surface area (Å²) in [6.45, 7) is 4.38. The molecule has 0 atom stereocenters. The van der Waals surface area contributed by atoms with E-state index in [4.69, 9.17) is 9.47 Å². The highest BCUT2D eigenvalue weighted by Gasteiger charge is 2.23. The van der Waals surface area contributed by atoms with E-state index in [-0.39, 0.29) is 0 Å². The van der Waals surface area contributed by atoms with Gasteiger partial charge in [0.05, 0.1) is 25.5 Å². The van der Waals surface area contributed by atoms with Crippen molar-refractivity contribution in [2.75, 3.05) is 13.2 Å². The first-order valence-corrected chi connectivity index (χ1v) is 6.03. The molecule has 3 nitrogen and oxygen atoms in total. The van der Waals surface area contributed by atoms with Crippen LogP contribution in [0.25, 0.3) is 0 Å². The molecule has 2 aliphatic rings. The van der Waals surface area contributed by atoms with E-state index in [1.165, 1.54) is 18.4 Å². The van der Waals surface area contributed by atoms with Crippen LogP contribution in [0, 0.1) is 12.8 Å². The number of nitrogens with zero attached hydrogens (tertiary/aromatic N) is 1. The Morgan fingerprint density at radius 1 is 1.50 bits per heavy atom. The fourth-order valence-electron chi connectivity index (χ4n) is 2.01. The Morgan fingerprint density at radius 3 is 3.19 bits per heavy atom. The van der Waals surface area contributed by atoms with E-state index >= 15 is 0 Å². The Balaban J connectivity index is 1.80. The zero-order chi connectivity index (χ0) is 11.0. The second kappa shape index (κ2) is 4.06. The van der Waals surface area contributed by atoms with Gasteiger partial charge in [-0.1, -0.05) is 0 Å². The normalized spacial score (nSPS) is 19.3. The third-order valence-corrected chi connectivity index (χ3v) is 3.23. The van der Waals surface area contributed by atoms with Gasteiger partial charge < -0.3 is 9.47 Å². The van der Waals surface area contributed by atoms with Crippen molar-refractivity contribution in [1.82, 2.24) is 4.98 Å². The average molecular weight is 219 g/mol. The minimum Gasteiger partial charge on any atom is -0.477 e. The van der Waals surface area contributed by atoms with Crippen LogP contribution in [-0.4, -0.2) is 18.2 Å². The van der Waals surface area contributed by atoms with Crippen LogP contribution in [0.1, 0.15) is 29.7 Å². The van der Waals surface area contributed by atoms with E-state index in [2.05, 4.69) is 18.0 Å². The zero-order valence-electron chi connectivity index (χ0n) is 9.66. The third-order valence-electron chi connectivity index (χ3n) is 3.23. The average Bonchev–Trinajstić information content (AvgIpc) is 3.10. The van der Waals surface area contributed by atoms with Crippen LogP contribution < -0.4 is 4.74 Å². The summed E-state index contributed by atoms with van der Waals surface area (Å²) < 4.78 is 11.2. The molecular weight excluding hydrogens is 202 g/mol. The van der Waals surface area contributed by atoms with Crippen molar-refractivity contribution in [1.29, 1.82) is 0 Å². The third kappa shape index (κ3) is 2.05. The molecule has 16 heavy (non-hydrogen) atoms. The number of aromatic nitrogens is 1. The predicted octanol–water partition coefficient (Wildman–Crippen LogP) is 2.25. The Labute approximate surface area is 95.8 Å². The van der Waals surface area contributed by atoms with Gasteiger partial charge in [0.1, 0.15) is 0 Å². The van der Waals surface area contributed by atoms with E-state index in [0.29, 0.717) is 6.61 Å². The Morgan fingerprint density at radius 2 is 2.38 bits per heavy atom. The van der Waals surface area contributed by atoms with Gasteiger partial charge in [-0.3, -0.25) is 0 Å². The molecule has 1 aromatic heterocycles. The van der Waals surface area contributed by atoms with Gasteiger partial charge in [0.15, 0.2) is 0 Å². The molecule has 0 N–H and O–H groups in total. The number of fused-ring (bicyclic) bond motifs is 1. The van der Waals surface area contributed by atoms with Crippen LogP contribution in [0.4, 0.5) is 0 Å². The van der Waals surface area contributed by atoms with E-state index in [0.717, 1.165) is 42.7 Å². The lowest BCUT2D eigenvalue weighted by molar-refractivity contribution is 0.108. The monoisotopic (exact) mass is 219 g/mol. The number of hydrogen-bond donors (Lipinski definition) is 0. The van der Waals surface area contributed by atoms with Crippen molar-refractivity contribution >= 4 is 0 Å². The Bertz CT molecular complexity index is 399. The molecule has 0 spiro atoms. The Hall–Kier alpha value is -1.09. The summed E-state index contributed by atoms with van der Waals surface area (Å²) in [5, 5.41) is 0. The second-order valence-electron chi connectivity index (χ2n) is 4.77. The molecule has 1 aliphatic heterocycles. The van der Waals surface area contributed by atoms with E-state index in [1.807, 2.05) is 0 Å². The van der Waals surface area contributed by atoms with Gasteiger partial charge in [-0.15, -0.1) is 0 Å². The van der Waals surface area contributed by atoms with Gasteiger partial charge in [0, 0.05) is 12.0 Å². The fraction of sp³-hybridized carbons (Fsp3) is 0.615. The molecule has 1 fully saturated rings. The van der Waals surface area contributed by atoms with Gasteiger partial charge in [0.25, 0.3) is 0 Å². The molecule has 86 valence electrons. The molecule has 1 aliphatic carbocycles.